The lowest BCUT2D eigenvalue weighted by atomic mass is 9.92. The third-order valence-corrected chi connectivity index (χ3v) is 5.36. The number of methoxy groups -OCH3 is 1. The molecule has 1 unspecified atom stereocenters. The average Bonchev–Trinajstić information content (AvgIpc) is 2.75. The average molecular weight is 519 g/mol. The number of pyridine rings is 1. The first kappa shape index (κ1) is 25.9. The molecule has 29 heavy (non-hydrogen) atoms. The molecular weight excluding hydrogens is 481 g/mol. The number of ether oxygens (including phenoxy) is 2. The van der Waals surface area contributed by atoms with Crippen molar-refractivity contribution in [2.45, 2.75) is 46.2 Å². The molecule has 0 aliphatic carbocycles. The first-order valence-corrected chi connectivity index (χ1v) is 10.5. The smallest absolute Gasteiger partial charge is 0.212 e. The molecule has 8 heteroatoms. The highest BCUT2D eigenvalue weighted by atomic mass is 127. The van der Waals surface area contributed by atoms with Crippen LogP contribution in [0.4, 0.5) is 0 Å². The van der Waals surface area contributed by atoms with Crippen LogP contribution in [0.1, 0.15) is 39.2 Å². The molecule has 1 aliphatic rings. The number of halogens is 1. The molecule has 1 atom stereocenters. The summed E-state index contributed by atoms with van der Waals surface area (Å²) in [5.74, 6) is 2.14. The minimum Gasteiger partial charge on any atom is -0.481 e. The van der Waals surface area contributed by atoms with Crippen molar-refractivity contribution in [1.82, 2.24) is 20.5 Å². The fourth-order valence-electron chi connectivity index (χ4n) is 3.67. The molecule has 0 amide bonds. The topological polar surface area (TPSA) is 71.0 Å². The van der Waals surface area contributed by atoms with E-state index < -0.39 is 0 Å². The number of hydrogen-bond donors (Lipinski definition) is 2. The van der Waals surface area contributed by atoms with Gasteiger partial charge in [-0.25, -0.2) is 9.98 Å². The van der Waals surface area contributed by atoms with Crippen LogP contribution < -0.4 is 15.4 Å². The molecule has 1 saturated heterocycles. The minimum atomic E-state index is 0. The van der Waals surface area contributed by atoms with E-state index in [2.05, 4.69) is 41.3 Å². The van der Waals surface area contributed by atoms with E-state index in [-0.39, 0.29) is 24.0 Å². The van der Waals surface area contributed by atoms with Gasteiger partial charge >= 0.3 is 0 Å². The number of nitrogens with one attached hydrogen (secondary N) is 2. The van der Waals surface area contributed by atoms with Crippen molar-refractivity contribution in [3.63, 3.8) is 0 Å². The number of nitrogens with zero attached hydrogens (tertiary/aromatic N) is 3. The minimum absolute atomic E-state index is 0. The van der Waals surface area contributed by atoms with Gasteiger partial charge in [0.1, 0.15) is 0 Å². The molecule has 7 nitrogen and oxygen atoms in total. The molecule has 0 saturated carbocycles. The third-order valence-electron chi connectivity index (χ3n) is 5.36. The van der Waals surface area contributed by atoms with Gasteiger partial charge in [0.25, 0.3) is 0 Å². The van der Waals surface area contributed by atoms with Gasteiger partial charge in [-0.05, 0) is 18.4 Å². The normalized spacial score (nSPS) is 16.2. The van der Waals surface area contributed by atoms with E-state index in [1.165, 1.54) is 12.8 Å². The van der Waals surface area contributed by atoms with Crippen LogP contribution in [0.2, 0.25) is 0 Å². The van der Waals surface area contributed by atoms with Crippen LogP contribution in [-0.4, -0.2) is 68.4 Å². The molecule has 1 aromatic rings. The number of aromatic nitrogens is 1. The van der Waals surface area contributed by atoms with Crippen molar-refractivity contribution in [2.75, 3.05) is 46.5 Å². The number of rotatable bonds is 10. The first-order chi connectivity index (χ1) is 13.7. The van der Waals surface area contributed by atoms with Crippen molar-refractivity contribution in [3.8, 4) is 5.88 Å². The summed E-state index contributed by atoms with van der Waals surface area (Å²) in [5.41, 5.74) is 1.06. The van der Waals surface area contributed by atoms with Gasteiger partial charge in [-0.2, -0.15) is 0 Å². The fraction of sp³-hybridized carbons (Fsp3) is 0.714. The Kier molecular flexibility index (Phi) is 13.2. The maximum Gasteiger partial charge on any atom is 0.212 e. The van der Waals surface area contributed by atoms with Crippen molar-refractivity contribution in [3.05, 3.63) is 23.9 Å². The number of hydrogen-bond acceptors (Lipinski definition) is 5. The molecule has 1 aromatic heterocycles. The quantitative estimate of drug-likeness (QED) is 0.282. The van der Waals surface area contributed by atoms with Crippen LogP contribution >= 0.6 is 24.0 Å². The zero-order valence-electron chi connectivity index (χ0n) is 18.3. The van der Waals surface area contributed by atoms with Crippen LogP contribution in [0.5, 0.6) is 5.88 Å². The van der Waals surface area contributed by atoms with Gasteiger partial charge in [0.2, 0.25) is 5.88 Å². The number of aliphatic imine (C=N–C) groups is 1. The molecule has 1 aliphatic heterocycles. The SMILES string of the molecule is CCNC(=NCc1ccc(OC)nc1)NCC(C(CC)CC)N1CCOCC1.I. The zero-order valence-corrected chi connectivity index (χ0v) is 20.6. The van der Waals surface area contributed by atoms with Crippen LogP contribution in [0.15, 0.2) is 23.3 Å². The van der Waals surface area contributed by atoms with Gasteiger partial charge in [-0.15, -0.1) is 24.0 Å². The van der Waals surface area contributed by atoms with Crippen LogP contribution in [-0.2, 0) is 11.3 Å². The molecule has 0 aromatic carbocycles. The lowest BCUT2D eigenvalue weighted by molar-refractivity contribution is 0.00272. The molecule has 2 heterocycles. The van der Waals surface area contributed by atoms with Crippen LogP contribution in [0.3, 0.4) is 0 Å². The van der Waals surface area contributed by atoms with Gasteiger partial charge in [0.15, 0.2) is 5.96 Å². The predicted molar refractivity (Wildman–Crippen MR) is 129 cm³/mol. The summed E-state index contributed by atoms with van der Waals surface area (Å²) in [4.78, 5) is 11.6. The van der Waals surface area contributed by atoms with Crippen LogP contribution in [0, 0.1) is 5.92 Å². The Morgan fingerprint density at radius 1 is 1.21 bits per heavy atom. The summed E-state index contributed by atoms with van der Waals surface area (Å²) in [6, 6.07) is 4.36. The van der Waals surface area contributed by atoms with Crippen molar-refractivity contribution < 1.29 is 9.47 Å². The summed E-state index contributed by atoms with van der Waals surface area (Å²) in [6.07, 6.45) is 4.18. The lowest BCUT2D eigenvalue weighted by Crippen LogP contribution is -2.53. The number of morpholine rings is 1. The van der Waals surface area contributed by atoms with Gasteiger partial charge in [-0.3, -0.25) is 4.90 Å². The number of guanidine groups is 1. The summed E-state index contributed by atoms with van der Waals surface area (Å²) in [6.45, 7) is 12.6. The zero-order chi connectivity index (χ0) is 20.2. The molecule has 2 rings (SSSR count). The summed E-state index contributed by atoms with van der Waals surface area (Å²) < 4.78 is 10.7. The van der Waals surface area contributed by atoms with Crippen molar-refractivity contribution in [2.24, 2.45) is 10.9 Å². The second kappa shape index (κ2) is 14.8. The van der Waals surface area contributed by atoms with E-state index in [0.717, 1.165) is 50.9 Å². The van der Waals surface area contributed by atoms with Gasteiger partial charge in [0.05, 0.1) is 26.9 Å². The fourth-order valence-corrected chi connectivity index (χ4v) is 3.67. The van der Waals surface area contributed by atoms with Crippen molar-refractivity contribution in [1.29, 1.82) is 0 Å². The highest BCUT2D eigenvalue weighted by molar-refractivity contribution is 14.0. The van der Waals surface area contributed by atoms with E-state index in [1.807, 2.05) is 18.3 Å². The van der Waals surface area contributed by atoms with E-state index in [0.29, 0.717) is 24.4 Å². The summed E-state index contributed by atoms with van der Waals surface area (Å²) in [5, 5.41) is 6.93. The molecule has 166 valence electrons. The molecular formula is C21H38IN5O2. The van der Waals surface area contributed by atoms with Gasteiger partial charge in [-0.1, -0.05) is 32.8 Å². The Morgan fingerprint density at radius 3 is 2.48 bits per heavy atom. The monoisotopic (exact) mass is 519 g/mol. The largest absolute Gasteiger partial charge is 0.481 e. The predicted octanol–water partition coefficient (Wildman–Crippen LogP) is 2.90. The van der Waals surface area contributed by atoms with Gasteiger partial charge in [0, 0.05) is 44.5 Å². The lowest BCUT2D eigenvalue weighted by Gasteiger charge is -2.39. The summed E-state index contributed by atoms with van der Waals surface area (Å²) in [7, 11) is 1.62. The second-order valence-corrected chi connectivity index (χ2v) is 7.08. The molecule has 2 N–H and O–H groups in total. The maximum atomic E-state index is 5.55. The molecule has 0 radical (unpaired) electrons. The highest BCUT2D eigenvalue weighted by Crippen LogP contribution is 2.19. The Balaban J connectivity index is 0.00000420. The van der Waals surface area contributed by atoms with E-state index in [1.54, 1.807) is 7.11 Å². The third kappa shape index (κ3) is 8.64. The van der Waals surface area contributed by atoms with E-state index in [4.69, 9.17) is 14.5 Å². The molecule has 0 spiro atoms. The van der Waals surface area contributed by atoms with Gasteiger partial charge < -0.3 is 20.1 Å². The Bertz CT molecular complexity index is 575. The van der Waals surface area contributed by atoms with E-state index >= 15 is 0 Å². The van der Waals surface area contributed by atoms with E-state index in [9.17, 15) is 0 Å². The standard InChI is InChI=1S/C21H37N5O2.HI/c1-5-18(6-2)19(26-10-12-28-13-11-26)16-25-21(22-7-3)24-15-17-8-9-20(27-4)23-14-17;/h8-9,14,18-19H,5-7,10-13,15-16H2,1-4H3,(H2,22,24,25);1H. The Hall–Kier alpha value is -1.13. The van der Waals surface area contributed by atoms with Crippen molar-refractivity contribution >= 4 is 29.9 Å². The van der Waals surface area contributed by atoms with Crippen LogP contribution in [0.25, 0.3) is 0 Å². The Labute approximate surface area is 193 Å². The highest BCUT2D eigenvalue weighted by Gasteiger charge is 2.26. The Morgan fingerprint density at radius 2 is 1.93 bits per heavy atom. The molecule has 0 bridgehead atoms. The molecule has 1 fully saturated rings. The summed E-state index contributed by atoms with van der Waals surface area (Å²) >= 11 is 0. The maximum absolute atomic E-state index is 5.55. The second-order valence-electron chi connectivity index (χ2n) is 7.08. The first-order valence-electron chi connectivity index (χ1n) is 10.5.